The maximum Gasteiger partial charge on any atom is 0.123 e. The fourth-order valence-corrected chi connectivity index (χ4v) is 4.56. The van der Waals surface area contributed by atoms with Crippen molar-refractivity contribution in [3.05, 3.63) is 59.9 Å². The SMILES string of the molecule is Nc1ccc(C2(Sc3ccc(F)cc3)CCCCC2)cc1. The van der Waals surface area contributed by atoms with E-state index in [0.29, 0.717) is 0 Å². The van der Waals surface area contributed by atoms with Crippen LogP contribution in [0.4, 0.5) is 10.1 Å². The quantitative estimate of drug-likeness (QED) is 0.772. The molecule has 0 amide bonds. The van der Waals surface area contributed by atoms with E-state index in [1.807, 2.05) is 36.0 Å². The summed E-state index contributed by atoms with van der Waals surface area (Å²) in [6, 6.07) is 15.1. The van der Waals surface area contributed by atoms with E-state index in [-0.39, 0.29) is 10.6 Å². The number of nitrogens with two attached hydrogens (primary N) is 1. The molecule has 110 valence electrons. The van der Waals surface area contributed by atoms with Crippen molar-refractivity contribution in [1.82, 2.24) is 0 Å². The van der Waals surface area contributed by atoms with Gasteiger partial charge >= 0.3 is 0 Å². The normalized spacial score (nSPS) is 17.6. The average molecular weight is 301 g/mol. The first kappa shape index (κ1) is 14.5. The van der Waals surface area contributed by atoms with Crippen LogP contribution >= 0.6 is 11.8 Å². The van der Waals surface area contributed by atoms with Crippen LogP contribution in [0.2, 0.25) is 0 Å². The number of anilines is 1. The third-order valence-corrected chi connectivity index (χ3v) is 5.77. The van der Waals surface area contributed by atoms with Gasteiger partial charge in [0.2, 0.25) is 0 Å². The molecule has 0 spiro atoms. The molecule has 0 unspecified atom stereocenters. The molecule has 2 N–H and O–H groups in total. The summed E-state index contributed by atoms with van der Waals surface area (Å²) in [6.45, 7) is 0. The predicted octanol–water partition coefficient (Wildman–Crippen LogP) is 5.36. The molecule has 0 radical (unpaired) electrons. The predicted molar refractivity (Wildman–Crippen MR) is 87.9 cm³/mol. The summed E-state index contributed by atoms with van der Waals surface area (Å²) in [5, 5.41) is 0. The topological polar surface area (TPSA) is 26.0 Å². The molecule has 2 aromatic rings. The highest BCUT2D eigenvalue weighted by molar-refractivity contribution is 8.00. The van der Waals surface area contributed by atoms with E-state index in [9.17, 15) is 4.39 Å². The molecular formula is C18H20FNS. The fourth-order valence-electron chi connectivity index (χ4n) is 3.09. The van der Waals surface area contributed by atoms with Crippen LogP contribution in [0.25, 0.3) is 0 Å². The number of halogens is 1. The van der Waals surface area contributed by atoms with E-state index in [4.69, 9.17) is 5.73 Å². The van der Waals surface area contributed by atoms with Gasteiger partial charge in [0, 0.05) is 15.3 Å². The van der Waals surface area contributed by atoms with Crippen LogP contribution < -0.4 is 5.73 Å². The van der Waals surface area contributed by atoms with Crippen LogP contribution in [0.15, 0.2) is 53.4 Å². The van der Waals surface area contributed by atoms with Crippen LogP contribution in [0, 0.1) is 5.82 Å². The number of thioether (sulfide) groups is 1. The van der Waals surface area contributed by atoms with Gasteiger partial charge in [-0.25, -0.2) is 4.39 Å². The molecular weight excluding hydrogens is 281 g/mol. The second kappa shape index (κ2) is 6.10. The number of rotatable bonds is 3. The maximum atomic E-state index is 13.1. The van der Waals surface area contributed by atoms with Crippen molar-refractivity contribution in [3.63, 3.8) is 0 Å². The molecule has 1 nitrogen and oxygen atoms in total. The zero-order valence-electron chi connectivity index (χ0n) is 12.0. The summed E-state index contributed by atoms with van der Waals surface area (Å²) in [7, 11) is 0. The molecule has 0 saturated heterocycles. The Morgan fingerprint density at radius 3 is 2.10 bits per heavy atom. The molecule has 1 aliphatic carbocycles. The van der Waals surface area contributed by atoms with E-state index >= 15 is 0 Å². The Hall–Kier alpha value is -1.48. The third kappa shape index (κ3) is 3.24. The highest BCUT2D eigenvalue weighted by Crippen LogP contribution is 2.51. The lowest BCUT2D eigenvalue weighted by molar-refractivity contribution is 0.407. The zero-order valence-corrected chi connectivity index (χ0v) is 12.8. The molecule has 21 heavy (non-hydrogen) atoms. The van der Waals surface area contributed by atoms with Crippen LogP contribution in [-0.2, 0) is 4.75 Å². The van der Waals surface area contributed by atoms with Crippen molar-refractivity contribution < 1.29 is 4.39 Å². The van der Waals surface area contributed by atoms with Crippen LogP contribution in [-0.4, -0.2) is 0 Å². The van der Waals surface area contributed by atoms with Gasteiger partial charge in [-0.3, -0.25) is 0 Å². The van der Waals surface area contributed by atoms with Gasteiger partial charge in [-0.1, -0.05) is 31.4 Å². The molecule has 0 bridgehead atoms. The minimum absolute atomic E-state index is 0.101. The molecule has 1 saturated carbocycles. The maximum absolute atomic E-state index is 13.1. The van der Waals surface area contributed by atoms with Gasteiger partial charge < -0.3 is 5.73 Å². The van der Waals surface area contributed by atoms with E-state index in [0.717, 1.165) is 10.6 Å². The van der Waals surface area contributed by atoms with Gasteiger partial charge in [0.05, 0.1) is 0 Å². The summed E-state index contributed by atoms with van der Waals surface area (Å²) in [4.78, 5) is 1.13. The molecule has 0 atom stereocenters. The minimum atomic E-state index is -0.176. The van der Waals surface area contributed by atoms with Crippen molar-refractivity contribution in [3.8, 4) is 0 Å². The molecule has 0 heterocycles. The van der Waals surface area contributed by atoms with Gasteiger partial charge in [-0.05, 0) is 54.8 Å². The molecule has 0 aromatic heterocycles. The van der Waals surface area contributed by atoms with Crippen LogP contribution in [0.1, 0.15) is 37.7 Å². The van der Waals surface area contributed by atoms with Crippen LogP contribution in [0.3, 0.4) is 0 Å². The Labute approximate surface area is 129 Å². The molecule has 1 aliphatic rings. The molecule has 0 aliphatic heterocycles. The minimum Gasteiger partial charge on any atom is -0.399 e. The Bertz CT molecular complexity index is 586. The fraction of sp³-hybridized carbons (Fsp3) is 0.333. The van der Waals surface area contributed by atoms with Gasteiger partial charge in [0.15, 0.2) is 0 Å². The third-order valence-electron chi connectivity index (χ3n) is 4.22. The summed E-state index contributed by atoms with van der Waals surface area (Å²) < 4.78 is 13.2. The van der Waals surface area contributed by atoms with Crippen molar-refractivity contribution in [1.29, 1.82) is 0 Å². The Morgan fingerprint density at radius 2 is 1.48 bits per heavy atom. The van der Waals surface area contributed by atoms with Gasteiger partial charge in [-0.2, -0.15) is 0 Å². The standard InChI is InChI=1S/C18H20FNS/c19-15-6-10-17(11-7-15)21-18(12-2-1-3-13-18)14-4-8-16(20)9-5-14/h4-11H,1-3,12-13,20H2. The van der Waals surface area contributed by atoms with Gasteiger partial charge in [0.1, 0.15) is 5.82 Å². The molecule has 3 heteroatoms. The number of nitrogen functional groups attached to an aromatic ring is 1. The number of hydrogen-bond acceptors (Lipinski definition) is 2. The highest BCUT2D eigenvalue weighted by atomic mass is 32.2. The second-order valence-electron chi connectivity index (χ2n) is 5.73. The Morgan fingerprint density at radius 1 is 0.857 bits per heavy atom. The van der Waals surface area contributed by atoms with Crippen molar-refractivity contribution in [2.45, 2.75) is 41.7 Å². The van der Waals surface area contributed by atoms with Gasteiger partial charge in [-0.15, -0.1) is 11.8 Å². The van der Waals surface area contributed by atoms with Gasteiger partial charge in [0.25, 0.3) is 0 Å². The number of benzene rings is 2. The monoisotopic (exact) mass is 301 g/mol. The summed E-state index contributed by atoms with van der Waals surface area (Å²) in [5.74, 6) is -0.176. The van der Waals surface area contributed by atoms with E-state index in [2.05, 4.69) is 12.1 Å². The number of hydrogen-bond donors (Lipinski definition) is 1. The van der Waals surface area contributed by atoms with E-state index in [1.165, 1.54) is 37.7 Å². The molecule has 3 rings (SSSR count). The largest absolute Gasteiger partial charge is 0.399 e. The molecule has 2 aromatic carbocycles. The van der Waals surface area contributed by atoms with Crippen molar-refractivity contribution in [2.75, 3.05) is 5.73 Å². The van der Waals surface area contributed by atoms with Crippen LogP contribution in [0.5, 0.6) is 0 Å². The lowest BCUT2D eigenvalue weighted by atomic mass is 9.83. The zero-order chi connectivity index (χ0) is 14.7. The summed E-state index contributed by atoms with van der Waals surface area (Å²) in [5.41, 5.74) is 7.96. The van der Waals surface area contributed by atoms with E-state index in [1.54, 1.807) is 12.1 Å². The first-order chi connectivity index (χ1) is 10.2. The lowest BCUT2D eigenvalue weighted by Gasteiger charge is -2.37. The summed E-state index contributed by atoms with van der Waals surface area (Å²) in [6.07, 6.45) is 6.13. The Kier molecular flexibility index (Phi) is 4.20. The average Bonchev–Trinajstić information content (AvgIpc) is 2.51. The summed E-state index contributed by atoms with van der Waals surface area (Å²) >= 11 is 1.87. The first-order valence-electron chi connectivity index (χ1n) is 7.49. The van der Waals surface area contributed by atoms with E-state index < -0.39 is 0 Å². The molecule has 1 fully saturated rings. The van der Waals surface area contributed by atoms with Crippen molar-refractivity contribution >= 4 is 17.4 Å². The Balaban J connectivity index is 1.92. The highest BCUT2D eigenvalue weighted by Gasteiger charge is 2.34. The second-order valence-corrected chi connectivity index (χ2v) is 7.19. The first-order valence-corrected chi connectivity index (χ1v) is 8.30. The van der Waals surface area contributed by atoms with Crippen molar-refractivity contribution in [2.24, 2.45) is 0 Å². The smallest absolute Gasteiger partial charge is 0.123 e. The lowest BCUT2D eigenvalue weighted by Crippen LogP contribution is -2.25.